The lowest BCUT2D eigenvalue weighted by Crippen LogP contribution is -2.34. The zero-order chi connectivity index (χ0) is 12.3. The Labute approximate surface area is 98.8 Å². The van der Waals surface area contributed by atoms with Crippen LogP contribution >= 0.6 is 0 Å². The average molecular weight is 221 g/mol. The molecule has 0 unspecified atom stereocenters. The summed E-state index contributed by atoms with van der Waals surface area (Å²) in [5.74, 6) is 1.42. The molecular formula is C14H23NO. The van der Waals surface area contributed by atoms with E-state index in [1.165, 1.54) is 11.1 Å². The van der Waals surface area contributed by atoms with Crippen molar-refractivity contribution in [3.05, 3.63) is 29.3 Å². The maximum atomic E-state index is 6.09. The maximum absolute atomic E-state index is 6.09. The fourth-order valence-corrected chi connectivity index (χ4v) is 2.07. The van der Waals surface area contributed by atoms with Gasteiger partial charge in [-0.3, -0.25) is 0 Å². The molecule has 1 aromatic rings. The monoisotopic (exact) mass is 221 g/mol. The Morgan fingerprint density at radius 2 is 1.94 bits per heavy atom. The van der Waals surface area contributed by atoms with Crippen molar-refractivity contribution in [2.45, 2.75) is 45.6 Å². The third-order valence-corrected chi connectivity index (χ3v) is 2.60. The summed E-state index contributed by atoms with van der Waals surface area (Å²) in [5.41, 5.74) is 8.48. The molecule has 0 amide bonds. The van der Waals surface area contributed by atoms with E-state index in [0.29, 0.717) is 5.92 Å². The Bertz CT molecular complexity index is 350. The lowest BCUT2D eigenvalue weighted by Gasteiger charge is -2.23. The zero-order valence-corrected chi connectivity index (χ0v) is 11.0. The van der Waals surface area contributed by atoms with Crippen LogP contribution in [0.5, 0.6) is 5.75 Å². The first-order valence-corrected chi connectivity index (χ1v) is 5.80. The first kappa shape index (κ1) is 13.0. The van der Waals surface area contributed by atoms with Crippen LogP contribution in [0, 0.1) is 0 Å². The Balaban J connectivity index is 3.17. The smallest absolute Gasteiger partial charge is 0.122 e. The largest absolute Gasteiger partial charge is 0.496 e. The summed E-state index contributed by atoms with van der Waals surface area (Å²) >= 11 is 0. The minimum atomic E-state index is -0.185. The molecule has 2 N–H and O–H groups in total. The Hall–Kier alpha value is -1.02. The van der Waals surface area contributed by atoms with E-state index >= 15 is 0 Å². The van der Waals surface area contributed by atoms with Crippen LogP contribution in [0.15, 0.2) is 18.2 Å². The topological polar surface area (TPSA) is 35.2 Å². The molecule has 0 saturated heterocycles. The van der Waals surface area contributed by atoms with Crippen LogP contribution in [0.2, 0.25) is 0 Å². The van der Waals surface area contributed by atoms with Gasteiger partial charge in [0.2, 0.25) is 0 Å². The molecule has 1 aromatic carbocycles. The van der Waals surface area contributed by atoms with Crippen molar-refractivity contribution in [3.8, 4) is 5.75 Å². The molecule has 0 aliphatic carbocycles. The Morgan fingerprint density at radius 3 is 2.38 bits per heavy atom. The molecule has 2 nitrogen and oxygen atoms in total. The number of methoxy groups -OCH3 is 1. The van der Waals surface area contributed by atoms with Gasteiger partial charge in [0.05, 0.1) is 7.11 Å². The molecule has 16 heavy (non-hydrogen) atoms. The highest BCUT2D eigenvalue weighted by Crippen LogP contribution is 2.31. The summed E-state index contributed by atoms with van der Waals surface area (Å²) in [6.45, 7) is 8.48. The number of nitrogens with two attached hydrogens (primary N) is 1. The van der Waals surface area contributed by atoms with E-state index in [0.717, 1.165) is 12.2 Å². The quantitative estimate of drug-likeness (QED) is 0.848. The van der Waals surface area contributed by atoms with Gasteiger partial charge in [0.1, 0.15) is 5.75 Å². The third kappa shape index (κ3) is 3.24. The van der Waals surface area contributed by atoms with Gasteiger partial charge in [0.25, 0.3) is 0 Å². The van der Waals surface area contributed by atoms with Crippen LogP contribution in [0.25, 0.3) is 0 Å². The van der Waals surface area contributed by atoms with Crippen molar-refractivity contribution < 1.29 is 4.74 Å². The van der Waals surface area contributed by atoms with E-state index in [9.17, 15) is 0 Å². The fraction of sp³-hybridized carbons (Fsp3) is 0.571. The standard InChI is InChI=1S/C14H23NO/c1-10(2)13-11(9-14(3,4)15)7-6-8-12(13)16-5/h6-8,10H,9,15H2,1-5H3. The average Bonchev–Trinajstić information content (AvgIpc) is 2.14. The second-order valence-corrected chi connectivity index (χ2v) is 5.35. The summed E-state index contributed by atoms with van der Waals surface area (Å²) < 4.78 is 5.42. The molecule has 0 aliphatic rings. The summed E-state index contributed by atoms with van der Waals surface area (Å²) in [5, 5.41) is 0. The van der Waals surface area contributed by atoms with Crippen molar-refractivity contribution in [3.63, 3.8) is 0 Å². The molecule has 0 bridgehead atoms. The van der Waals surface area contributed by atoms with Gasteiger partial charge in [-0.2, -0.15) is 0 Å². The number of ether oxygens (including phenoxy) is 1. The Kier molecular flexibility index (Phi) is 3.98. The molecule has 0 radical (unpaired) electrons. The molecule has 0 atom stereocenters. The molecule has 0 saturated carbocycles. The molecule has 0 aromatic heterocycles. The van der Waals surface area contributed by atoms with Gasteiger partial charge in [0, 0.05) is 5.54 Å². The predicted octanol–water partition coefficient (Wildman–Crippen LogP) is 3.10. The molecule has 1 rings (SSSR count). The van der Waals surface area contributed by atoms with Gasteiger partial charge in [-0.25, -0.2) is 0 Å². The highest BCUT2D eigenvalue weighted by atomic mass is 16.5. The van der Waals surface area contributed by atoms with E-state index in [2.05, 4.69) is 33.8 Å². The van der Waals surface area contributed by atoms with Gasteiger partial charge < -0.3 is 10.5 Å². The SMILES string of the molecule is COc1cccc(CC(C)(C)N)c1C(C)C. The zero-order valence-electron chi connectivity index (χ0n) is 11.0. The van der Waals surface area contributed by atoms with Crippen molar-refractivity contribution in [1.82, 2.24) is 0 Å². The minimum Gasteiger partial charge on any atom is -0.496 e. The van der Waals surface area contributed by atoms with Crippen LogP contribution in [-0.2, 0) is 6.42 Å². The first-order chi connectivity index (χ1) is 7.35. The maximum Gasteiger partial charge on any atom is 0.122 e. The molecule has 0 heterocycles. The van der Waals surface area contributed by atoms with Crippen LogP contribution in [-0.4, -0.2) is 12.6 Å². The highest BCUT2D eigenvalue weighted by Gasteiger charge is 2.18. The van der Waals surface area contributed by atoms with Gasteiger partial charge in [-0.15, -0.1) is 0 Å². The number of hydrogen-bond acceptors (Lipinski definition) is 2. The number of benzene rings is 1. The molecular weight excluding hydrogens is 198 g/mol. The fourth-order valence-electron chi connectivity index (χ4n) is 2.07. The van der Waals surface area contributed by atoms with E-state index in [4.69, 9.17) is 10.5 Å². The van der Waals surface area contributed by atoms with Crippen molar-refractivity contribution in [2.24, 2.45) is 5.73 Å². The molecule has 0 spiro atoms. The van der Waals surface area contributed by atoms with Gasteiger partial charge in [0.15, 0.2) is 0 Å². The van der Waals surface area contributed by atoms with E-state index in [1.54, 1.807) is 7.11 Å². The van der Waals surface area contributed by atoms with Gasteiger partial charge >= 0.3 is 0 Å². The van der Waals surface area contributed by atoms with Crippen molar-refractivity contribution in [1.29, 1.82) is 0 Å². The summed E-state index contributed by atoms with van der Waals surface area (Å²) in [6.07, 6.45) is 0.873. The lowest BCUT2D eigenvalue weighted by molar-refractivity contribution is 0.405. The molecule has 2 heteroatoms. The lowest BCUT2D eigenvalue weighted by atomic mass is 9.88. The van der Waals surface area contributed by atoms with Crippen LogP contribution in [0.3, 0.4) is 0 Å². The molecule has 0 aliphatic heterocycles. The second kappa shape index (κ2) is 4.88. The van der Waals surface area contributed by atoms with Gasteiger partial charge in [-0.1, -0.05) is 26.0 Å². The van der Waals surface area contributed by atoms with Crippen LogP contribution < -0.4 is 10.5 Å². The summed E-state index contributed by atoms with van der Waals surface area (Å²) in [4.78, 5) is 0. The normalized spacial score (nSPS) is 11.9. The highest BCUT2D eigenvalue weighted by molar-refractivity contribution is 5.43. The molecule has 90 valence electrons. The van der Waals surface area contributed by atoms with Crippen molar-refractivity contribution >= 4 is 0 Å². The summed E-state index contributed by atoms with van der Waals surface area (Å²) in [6, 6.07) is 6.20. The Morgan fingerprint density at radius 1 is 1.31 bits per heavy atom. The minimum absolute atomic E-state index is 0.185. The van der Waals surface area contributed by atoms with E-state index in [1.807, 2.05) is 12.1 Å². The number of hydrogen-bond donors (Lipinski definition) is 1. The van der Waals surface area contributed by atoms with E-state index in [-0.39, 0.29) is 5.54 Å². The summed E-state index contributed by atoms with van der Waals surface area (Å²) in [7, 11) is 1.72. The van der Waals surface area contributed by atoms with Crippen LogP contribution in [0.1, 0.15) is 44.7 Å². The second-order valence-electron chi connectivity index (χ2n) is 5.35. The molecule has 0 fully saturated rings. The first-order valence-electron chi connectivity index (χ1n) is 5.80. The van der Waals surface area contributed by atoms with E-state index < -0.39 is 0 Å². The van der Waals surface area contributed by atoms with Crippen LogP contribution in [0.4, 0.5) is 0 Å². The van der Waals surface area contributed by atoms with Gasteiger partial charge in [-0.05, 0) is 43.4 Å². The van der Waals surface area contributed by atoms with Crippen molar-refractivity contribution in [2.75, 3.05) is 7.11 Å². The predicted molar refractivity (Wildman–Crippen MR) is 69.1 cm³/mol. The third-order valence-electron chi connectivity index (χ3n) is 2.60. The number of rotatable bonds is 4.